The first-order chi connectivity index (χ1) is 18.7. The molecule has 0 bridgehead atoms. The van der Waals surface area contributed by atoms with E-state index in [0.29, 0.717) is 24.7 Å². The summed E-state index contributed by atoms with van der Waals surface area (Å²) in [4.78, 5) is 36.2. The minimum Gasteiger partial charge on any atom is -0.481 e. The maximum Gasteiger partial charge on any atom is 0.297 e. The Morgan fingerprint density at radius 2 is 2.05 bits per heavy atom. The number of aryl methyl sites for hydroxylation is 2. The largest absolute Gasteiger partial charge is 0.481 e. The third kappa shape index (κ3) is 5.36. The van der Waals surface area contributed by atoms with Gasteiger partial charge in [0.2, 0.25) is 11.8 Å². The summed E-state index contributed by atoms with van der Waals surface area (Å²) in [6, 6.07) is 8.90. The lowest BCUT2D eigenvalue weighted by atomic mass is 9.86. The number of nitrogens with one attached hydrogen (secondary N) is 1. The Morgan fingerprint density at radius 3 is 2.77 bits per heavy atom. The van der Waals surface area contributed by atoms with Crippen molar-refractivity contribution < 1.29 is 18.3 Å². The number of nitrogens with two attached hydrogens (primary N) is 1. The van der Waals surface area contributed by atoms with Crippen LogP contribution in [-0.2, 0) is 11.2 Å². The monoisotopic (exact) mass is 536 g/mol. The predicted molar refractivity (Wildman–Crippen MR) is 141 cm³/mol. The average Bonchev–Trinajstić information content (AvgIpc) is 3.34. The Morgan fingerprint density at radius 1 is 1.23 bits per heavy atom. The predicted octanol–water partition coefficient (Wildman–Crippen LogP) is 3.69. The molecule has 1 amide bonds. The van der Waals surface area contributed by atoms with Crippen molar-refractivity contribution in [2.75, 3.05) is 25.5 Å². The molecule has 2 atom stereocenters. The van der Waals surface area contributed by atoms with Crippen LogP contribution >= 0.6 is 0 Å². The van der Waals surface area contributed by atoms with Gasteiger partial charge in [-0.1, -0.05) is 6.07 Å². The Labute approximate surface area is 224 Å². The number of fused-ring (bicyclic) bond motifs is 1. The molecule has 0 aromatic carbocycles. The molecule has 2 aliphatic heterocycles. The number of hydrogen-bond acceptors (Lipinski definition) is 8. The summed E-state index contributed by atoms with van der Waals surface area (Å²) < 4.78 is 31.6. The van der Waals surface area contributed by atoms with E-state index in [4.69, 9.17) is 15.5 Å². The molecule has 1 fully saturated rings. The molecule has 0 radical (unpaired) electrons. The molecule has 39 heavy (non-hydrogen) atoms. The molecule has 204 valence electrons. The highest BCUT2D eigenvalue weighted by Gasteiger charge is 2.43. The van der Waals surface area contributed by atoms with Crippen LogP contribution in [-0.4, -0.2) is 62.3 Å². The van der Waals surface area contributed by atoms with Crippen LogP contribution in [0.1, 0.15) is 60.4 Å². The molecule has 0 unspecified atom stereocenters. The number of rotatable bonds is 6. The summed E-state index contributed by atoms with van der Waals surface area (Å²) in [5.74, 6) is 0.0967. The standard InChI is InChI=1S/C27H30F2N8O2/c1-15(19-13-21(39-3)35-25(33-19)22(28)29)26(38)37-11-9-27(14-37)8-7-17-12-18(16(2)32-24(17)36-27)23(30)34-20-6-4-5-10-31-20/h4-6,10,12-13,15,22H,7-9,11,14H2,1-3H3,(H,32,36)(H2,30,31,34)/t15-,27+/m1/s1. The van der Waals surface area contributed by atoms with Crippen LogP contribution in [0.3, 0.4) is 0 Å². The van der Waals surface area contributed by atoms with Crippen molar-refractivity contribution in [1.29, 1.82) is 0 Å². The van der Waals surface area contributed by atoms with Gasteiger partial charge >= 0.3 is 0 Å². The number of aromatic nitrogens is 4. The van der Waals surface area contributed by atoms with E-state index in [2.05, 4.69) is 25.3 Å². The molecule has 3 N–H and O–H groups in total. The van der Waals surface area contributed by atoms with Gasteiger partial charge in [0.1, 0.15) is 11.7 Å². The molecule has 1 saturated heterocycles. The van der Waals surface area contributed by atoms with Gasteiger partial charge in [0.05, 0.1) is 30.0 Å². The second kappa shape index (κ2) is 10.5. The number of halogens is 2. The first-order valence-electron chi connectivity index (χ1n) is 12.7. The summed E-state index contributed by atoms with van der Waals surface area (Å²) in [6.07, 6.45) is 1.10. The number of anilines is 1. The highest BCUT2D eigenvalue weighted by atomic mass is 19.3. The zero-order chi connectivity index (χ0) is 27.7. The normalized spacial score (nSPS) is 19.6. The van der Waals surface area contributed by atoms with Crippen LogP contribution in [0.15, 0.2) is 41.5 Å². The minimum absolute atomic E-state index is 0.00456. The summed E-state index contributed by atoms with van der Waals surface area (Å²) >= 11 is 0. The zero-order valence-electron chi connectivity index (χ0n) is 22.0. The van der Waals surface area contributed by atoms with Gasteiger partial charge in [-0.2, -0.15) is 4.98 Å². The lowest BCUT2D eigenvalue weighted by Crippen LogP contribution is -2.46. The van der Waals surface area contributed by atoms with Crippen molar-refractivity contribution in [3.63, 3.8) is 0 Å². The third-order valence-electron chi connectivity index (χ3n) is 7.33. The molecule has 10 nitrogen and oxygen atoms in total. The second-order valence-electron chi connectivity index (χ2n) is 9.94. The van der Waals surface area contributed by atoms with Crippen molar-refractivity contribution in [3.05, 3.63) is 64.9 Å². The third-order valence-corrected chi connectivity index (χ3v) is 7.33. The van der Waals surface area contributed by atoms with Crippen LogP contribution in [0.2, 0.25) is 0 Å². The van der Waals surface area contributed by atoms with Crippen molar-refractivity contribution in [3.8, 4) is 5.88 Å². The summed E-state index contributed by atoms with van der Waals surface area (Å²) in [7, 11) is 1.34. The van der Waals surface area contributed by atoms with Crippen LogP contribution in [0, 0.1) is 6.92 Å². The number of carbonyl (C=O) groups excluding carboxylic acids is 1. The molecule has 0 aliphatic carbocycles. The molecule has 2 aliphatic rings. The zero-order valence-corrected chi connectivity index (χ0v) is 22.0. The van der Waals surface area contributed by atoms with Crippen LogP contribution in [0.25, 0.3) is 0 Å². The van der Waals surface area contributed by atoms with Crippen molar-refractivity contribution >= 4 is 23.4 Å². The molecular weight excluding hydrogens is 506 g/mol. The number of nitrogens with zero attached hydrogens (tertiary/aromatic N) is 6. The van der Waals surface area contributed by atoms with Gasteiger partial charge in [-0.05, 0) is 56.9 Å². The SMILES string of the molecule is COc1cc([C@@H](C)C(=O)N2CC[C@@]3(CCc4cc(C(N)=Nc5ccccn5)c(C)nc4N3)C2)nc(C(F)F)n1. The van der Waals surface area contributed by atoms with Gasteiger partial charge in [0, 0.05) is 30.9 Å². The number of hydrogen-bond donors (Lipinski definition) is 2. The number of likely N-dealkylation sites (tertiary alicyclic amines) is 1. The fourth-order valence-electron chi connectivity index (χ4n) is 5.15. The Hall–Kier alpha value is -4.22. The fourth-order valence-corrected chi connectivity index (χ4v) is 5.15. The number of pyridine rings is 2. The van der Waals surface area contributed by atoms with E-state index in [1.807, 2.05) is 25.1 Å². The number of alkyl halides is 2. The second-order valence-corrected chi connectivity index (χ2v) is 9.94. The Kier molecular flexibility index (Phi) is 7.11. The number of methoxy groups -OCH3 is 1. The number of aliphatic imine (C=N–C) groups is 1. The fraction of sp³-hybridized carbons (Fsp3) is 0.407. The highest BCUT2D eigenvalue weighted by Crippen LogP contribution is 2.38. The van der Waals surface area contributed by atoms with E-state index in [-0.39, 0.29) is 23.0 Å². The van der Waals surface area contributed by atoms with Crippen molar-refractivity contribution in [1.82, 2.24) is 24.8 Å². The topological polar surface area (TPSA) is 132 Å². The van der Waals surface area contributed by atoms with Crippen LogP contribution in [0.5, 0.6) is 5.88 Å². The molecule has 0 saturated carbocycles. The number of amides is 1. The number of carbonyl (C=O) groups is 1. The summed E-state index contributed by atoms with van der Waals surface area (Å²) in [6.45, 7) is 4.56. The quantitative estimate of drug-likeness (QED) is 0.360. The van der Waals surface area contributed by atoms with E-state index >= 15 is 0 Å². The Balaban J connectivity index is 1.31. The van der Waals surface area contributed by atoms with Gasteiger partial charge in [-0.25, -0.2) is 28.7 Å². The maximum atomic E-state index is 13.4. The highest BCUT2D eigenvalue weighted by molar-refractivity contribution is 6.00. The van der Waals surface area contributed by atoms with E-state index in [9.17, 15) is 13.6 Å². The van der Waals surface area contributed by atoms with E-state index in [1.165, 1.54) is 13.2 Å². The first-order valence-corrected chi connectivity index (χ1v) is 12.7. The summed E-state index contributed by atoms with van der Waals surface area (Å²) in [5.41, 5.74) is 8.71. The molecule has 3 aromatic heterocycles. The molecule has 12 heteroatoms. The van der Waals surface area contributed by atoms with Crippen molar-refractivity contribution in [2.45, 2.75) is 51.0 Å². The molecule has 1 spiro atoms. The molecule has 3 aromatic rings. The van der Waals surface area contributed by atoms with Gasteiger partial charge in [0.15, 0.2) is 11.6 Å². The molecule has 5 rings (SSSR count). The summed E-state index contributed by atoms with van der Waals surface area (Å²) in [5, 5.41) is 3.59. The van der Waals surface area contributed by atoms with E-state index in [1.54, 1.807) is 24.1 Å². The van der Waals surface area contributed by atoms with E-state index in [0.717, 1.165) is 41.9 Å². The van der Waals surface area contributed by atoms with Crippen LogP contribution < -0.4 is 15.8 Å². The minimum atomic E-state index is -2.86. The average molecular weight is 537 g/mol. The molecular formula is C27H30F2N8O2. The lowest BCUT2D eigenvalue weighted by molar-refractivity contribution is -0.131. The van der Waals surface area contributed by atoms with Crippen LogP contribution in [0.4, 0.5) is 20.4 Å². The van der Waals surface area contributed by atoms with E-state index < -0.39 is 18.2 Å². The number of ether oxygens (including phenoxy) is 1. The van der Waals surface area contributed by atoms with Gasteiger partial charge < -0.3 is 20.7 Å². The Bertz CT molecular complexity index is 1420. The molecule has 5 heterocycles. The first kappa shape index (κ1) is 26.4. The van der Waals surface area contributed by atoms with Gasteiger partial charge in [-0.3, -0.25) is 4.79 Å². The smallest absolute Gasteiger partial charge is 0.297 e. The number of amidine groups is 1. The maximum absolute atomic E-state index is 13.4. The lowest BCUT2D eigenvalue weighted by Gasteiger charge is -2.36. The van der Waals surface area contributed by atoms with Gasteiger partial charge in [-0.15, -0.1) is 0 Å². The van der Waals surface area contributed by atoms with Gasteiger partial charge in [0.25, 0.3) is 6.43 Å². The van der Waals surface area contributed by atoms with Crippen molar-refractivity contribution in [2.24, 2.45) is 10.7 Å².